The molecular weight excluding hydrogens is 328 g/mol. The van der Waals surface area contributed by atoms with Crippen molar-refractivity contribution in [1.29, 1.82) is 5.26 Å². The molecule has 138 valence electrons. The van der Waals surface area contributed by atoms with E-state index >= 15 is 0 Å². The lowest BCUT2D eigenvalue weighted by molar-refractivity contribution is -0.148. The van der Waals surface area contributed by atoms with Gasteiger partial charge in [0, 0.05) is 46.8 Å². The second-order valence-corrected chi connectivity index (χ2v) is 7.51. The first-order valence-corrected chi connectivity index (χ1v) is 9.19. The van der Waals surface area contributed by atoms with E-state index < -0.39 is 5.41 Å². The molecule has 6 heteroatoms. The molecule has 0 radical (unpaired) electrons. The molecule has 3 rings (SSSR count). The van der Waals surface area contributed by atoms with Crippen molar-refractivity contribution in [2.45, 2.75) is 25.8 Å². The molecule has 0 spiro atoms. The van der Waals surface area contributed by atoms with Gasteiger partial charge in [-0.3, -0.25) is 14.5 Å². The molecule has 0 N–H and O–H groups in total. The fraction of sp³-hybridized carbons (Fsp3) is 0.550. The van der Waals surface area contributed by atoms with Crippen molar-refractivity contribution in [3.8, 4) is 6.07 Å². The normalized spacial score (nSPS) is 19.3. The first-order valence-electron chi connectivity index (χ1n) is 9.19. The molecule has 1 aromatic rings. The van der Waals surface area contributed by atoms with Gasteiger partial charge >= 0.3 is 0 Å². The Morgan fingerprint density at radius 2 is 1.81 bits per heavy atom. The van der Waals surface area contributed by atoms with Crippen LogP contribution < -0.4 is 0 Å². The van der Waals surface area contributed by atoms with Gasteiger partial charge in [0.25, 0.3) is 0 Å². The lowest BCUT2D eigenvalue weighted by Crippen LogP contribution is -2.46. The van der Waals surface area contributed by atoms with Gasteiger partial charge in [0.15, 0.2) is 0 Å². The minimum atomic E-state index is -0.786. The number of amides is 2. The highest BCUT2D eigenvalue weighted by atomic mass is 16.2. The Labute approximate surface area is 155 Å². The largest absolute Gasteiger partial charge is 0.348 e. The summed E-state index contributed by atoms with van der Waals surface area (Å²) in [6, 6.07) is 9.79. The topological polar surface area (TPSA) is 67.7 Å². The maximum Gasteiger partial charge on any atom is 0.238 e. The van der Waals surface area contributed by atoms with Gasteiger partial charge in [0.1, 0.15) is 5.41 Å². The molecule has 1 saturated heterocycles. The van der Waals surface area contributed by atoms with E-state index in [-0.39, 0.29) is 11.8 Å². The number of carbonyl (C=O) groups is 2. The summed E-state index contributed by atoms with van der Waals surface area (Å²) in [4.78, 5) is 31.1. The predicted octanol–water partition coefficient (Wildman–Crippen LogP) is 1.46. The molecule has 1 saturated carbocycles. The molecule has 0 aromatic heterocycles. The quantitative estimate of drug-likeness (QED) is 0.768. The molecule has 6 nitrogen and oxygen atoms in total. The zero-order valence-corrected chi connectivity index (χ0v) is 15.6. The van der Waals surface area contributed by atoms with Crippen LogP contribution in [0.5, 0.6) is 0 Å². The van der Waals surface area contributed by atoms with Crippen molar-refractivity contribution in [3.63, 3.8) is 0 Å². The van der Waals surface area contributed by atoms with Gasteiger partial charge in [-0.15, -0.1) is 0 Å². The van der Waals surface area contributed by atoms with Crippen molar-refractivity contribution >= 4 is 11.8 Å². The van der Waals surface area contributed by atoms with Crippen LogP contribution in [0, 0.1) is 16.7 Å². The average Bonchev–Trinajstić information content (AvgIpc) is 3.46. The third-order valence-electron chi connectivity index (χ3n) is 5.34. The summed E-state index contributed by atoms with van der Waals surface area (Å²) in [5.41, 5.74) is 1.05. The zero-order chi connectivity index (χ0) is 18.7. The molecule has 2 fully saturated rings. The van der Waals surface area contributed by atoms with Crippen LogP contribution in [0.1, 0.15) is 30.4 Å². The number of rotatable bonds is 4. The molecular formula is C20H26N4O2. The van der Waals surface area contributed by atoms with Crippen LogP contribution in [0.4, 0.5) is 0 Å². The summed E-state index contributed by atoms with van der Waals surface area (Å²) < 4.78 is 0. The molecule has 0 atom stereocenters. The number of carbonyl (C=O) groups excluding carboxylic acids is 2. The maximum atomic E-state index is 12.9. The van der Waals surface area contributed by atoms with E-state index in [9.17, 15) is 9.59 Å². The first kappa shape index (κ1) is 18.4. The van der Waals surface area contributed by atoms with Crippen LogP contribution in [-0.4, -0.2) is 66.8 Å². The Bertz CT molecular complexity index is 716. The number of nitrogens with zero attached hydrogens (tertiary/aromatic N) is 4. The third kappa shape index (κ3) is 3.73. The molecule has 1 aromatic carbocycles. The Kier molecular flexibility index (Phi) is 5.28. The molecule has 0 unspecified atom stereocenters. The van der Waals surface area contributed by atoms with Crippen molar-refractivity contribution in [2.75, 3.05) is 40.3 Å². The van der Waals surface area contributed by atoms with Gasteiger partial charge in [0.2, 0.25) is 11.8 Å². The van der Waals surface area contributed by atoms with E-state index in [1.54, 1.807) is 19.0 Å². The summed E-state index contributed by atoms with van der Waals surface area (Å²) >= 11 is 0. The SMILES string of the molecule is CN(C)C(=O)C1(C(=O)N2CCCN(Cc3ccc(C#N)cc3)CC2)CC1. The number of nitriles is 1. The zero-order valence-electron chi connectivity index (χ0n) is 15.6. The van der Waals surface area contributed by atoms with Gasteiger partial charge in [0.05, 0.1) is 11.6 Å². The second-order valence-electron chi connectivity index (χ2n) is 7.51. The second kappa shape index (κ2) is 7.46. The highest BCUT2D eigenvalue weighted by molar-refractivity contribution is 6.07. The van der Waals surface area contributed by atoms with E-state index in [4.69, 9.17) is 5.26 Å². The smallest absolute Gasteiger partial charge is 0.238 e. The van der Waals surface area contributed by atoms with Crippen molar-refractivity contribution in [2.24, 2.45) is 5.41 Å². The number of hydrogen-bond donors (Lipinski definition) is 0. The van der Waals surface area contributed by atoms with E-state index in [0.29, 0.717) is 31.5 Å². The Morgan fingerprint density at radius 3 is 2.38 bits per heavy atom. The van der Waals surface area contributed by atoms with Gasteiger partial charge in [-0.1, -0.05) is 12.1 Å². The molecule has 0 bridgehead atoms. The highest BCUT2D eigenvalue weighted by Gasteiger charge is 2.58. The Hall–Kier alpha value is -2.39. The maximum absolute atomic E-state index is 12.9. The summed E-state index contributed by atoms with van der Waals surface area (Å²) in [5, 5.41) is 8.89. The Balaban J connectivity index is 1.59. The Morgan fingerprint density at radius 1 is 1.12 bits per heavy atom. The number of benzene rings is 1. The predicted molar refractivity (Wildman–Crippen MR) is 98.0 cm³/mol. The van der Waals surface area contributed by atoms with Crippen LogP contribution in [-0.2, 0) is 16.1 Å². The summed E-state index contributed by atoms with van der Waals surface area (Å²) in [6.07, 6.45) is 2.26. The standard InChI is InChI=1S/C20H26N4O2/c1-22(2)18(25)20(8-9-20)19(26)24-11-3-10-23(12-13-24)15-17-6-4-16(14-21)5-7-17/h4-7H,3,8-13,15H2,1-2H3. The lowest BCUT2D eigenvalue weighted by atomic mass is 10.0. The van der Waals surface area contributed by atoms with Crippen LogP contribution in [0.25, 0.3) is 0 Å². The summed E-state index contributed by atoms with van der Waals surface area (Å²) in [6.45, 7) is 3.93. The molecule has 1 heterocycles. The monoisotopic (exact) mass is 354 g/mol. The fourth-order valence-electron chi connectivity index (χ4n) is 3.65. The average molecular weight is 354 g/mol. The molecule has 1 aliphatic carbocycles. The fourth-order valence-corrected chi connectivity index (χ4v) is 3.65. The van der Waals surface area contributed by atoms with Gasteiger partial charge in [-0.2, -0.15) is 5.26 Å². The van der Waals surface area contributed by atoms with Crippen LogP contribution in [0.15, 0.2) is 24.3 Å². The minimum absolute atomic E-state index is 0.0106. The number of hydrogen-bond acceptors (Lipinski definition) is 4. The van der Waals surface area contributed by atoms with Crippen molar-refractivity contribution in [3.05, 3.63) is 35.4 Å². The molecule has 26 heavy (non-hydrogen) atoms. The van der Waals surface area contributed by atoms with Gasteiger partial charge in [-0.25, -0.2) is 0 Å². The van der Waals surface area contributed by atoms with Gasteiger partial charge in [-0.05, 0) is 37.0 Å². The first-order chi connectivity index (χ1) is 12.5. The van der Waals surface area contributed by atoms with Crippen LogP contribution in [0.2, 0.25) is 0 Å². The summed E-state index contributed by atoms with van der Waals surface area (Å²) in [5.74, 6) is -0.0439. The molecule has 2 aliphatic rings. The molecule has 2 amide bonds. The minimum Gasteiger partial charge on any atom is -0.348 e. The van der Waals surface area contributed by atoms with E-state index in [1.807, 2.05) is 29.2 Å². The lowest BCUT2D eigenvalue weighted by Gasteiger charge is -2.27. The highest BCUT2D eigenvalue weighted by Crippen LogP contribution is 2.48. The summed E-state index contributed by atoms with van der Waals surface area (Å²) in [7, 11) is 3.44. The molecule has 1 aliphatic heterocycles. The van der Waals surface area contributed by atoms with E-state index in [2.05, 4.69) is 11.0 Å². The van der Waals surface area contributed by atoms with Gasteiger partial charge < -0.3 is 9.80 Å². The van der Waals surface area contributed by atoms with Crippen LogP contribution in [0.3, 0.4) is 0 Å². The van der Waals surface area contributed by atoms with Crippen molar-refractivity contribution in [1.82, 2.24) is 14.7 Å². The van der Waals surface area contributed by atoms with E-state index in [1.165, 1.54) is 5.56 Å². The van der Waals surface area contributed by atoms with Crippen molar-refractivity contribution < 1.29 is 9.59 Å². The van der Waals surface area contributed by atoms with E-state index in [0.717, 1.165) is 26.1 Å². The van der Waals surface area contributed by atoms with Crippen LogP contribution >= 0.6 is 0 Å². The third-order valence-corrected chi connectivity index (χ3v) is 5.34.